The van der Waals surface area contributed by atoms with Crippen molar-refractivity contribution < 1.29 is 9.47 Å². The van der Waals surface area contributed by atoms with E-state index in [-0.39, 0.29) is 0 Å². The van der Waals surface area contributed by atoms with Gasteiger partial charge in [-0.2, -0.15) is 0 Å². The summed E-state index contributed by atoms with van der Waals surface area (Å²) in [5, 5.41) is 3.37. The van der Waals surface area contributed by atoms with Crippen LogP contribution in [-0.2, 0) is 16.0 Å². The molecule has 1 unspecified atom stereocenters. The highest BCUT2D eigenvalue weighted by atomic mass is 16.5. The van der Waals surface area contributed by atoms with E-state index in [1.807, 2.05) is 0 Å². The summed E-state index contributed by atoms with van der Waals surface area (Å²) < 4.78 is 11.1. The third-order valence-electron chi connectivity index (χ3n) is 4.32. The zero-order valence-corrected chi connectivity index (χ0v) is 16.0. The third kappa shape index (κ3) is 7.45. The van der Waals surface area contributed by atoms with Crippen LogP contribution in [-0.4, -0.2) is 57.4 Å². The van der Waals surface area contributed by atoms with Crippen molar-refractivity contribution in [3.63, 3.8) is 0 Å². The fourth-order valence-corrected chi connectivity index (χ4v) is 2.83. The second kappa shape index (κ2) is 11.1. The van der Waals surface area contributed by atoms with Crippen molar-refractivity contribution in [3.8, 4) is 0 Å². The van der Waals surface area contributed by atoms with Gasteiger partial charge in [-0.1, -0.05) is 29.8 Å². The van der Waals surface area contributed by atoms with Gasteiger partial charge in [-0.3, -0.25) is 4.99 Å². The van der Waals surface area contributed by atoms with E-state index < -0.39 is 0 Å². The standard InChI is InChI=1S/C20H33N3O2/c1-4-21-20(23(3)14-18-8-6-17(2)7-9-18)22-11-5-12-24-15-19-10-13-25-16-19/h6-9,19H,4-5,10-16H2,1-3H3,(H,21,22). The topological polar surface area (TPSA) is 46.1 Å². The van der Waals surface area contributed by atoms with Gasteiger partial charge in [-0.25, -0.2) is 0 Å². The van der Waals surface area contributed by atoms with Crippen LogP contribution < -0.4 is 5.32 Å². The molecule has 0 aliphatic carbocycles. The normalized spacial score (nSPS) is 17.7. The summed E-state index contributed by atoms with van der Waals surface area (Å²) in [6.45, 7) is 10.0. The molecular weight excluding hydrogens is 314 g/mol. The lowest BCUT2D eigenvalue weighted by atomic mass is 10.1. The van der Waals surface area contributed by atoms with E-state index in [0.717, 1.165) is 64.9 Å². The van der Waals surface area contributed by atoms with Gasteiger partial charge in [0.25, 0.3) is 0 Å². The number of hydrogen-bond acceptors (Lipinski definition) is 3. The van der Waals surface area contributed by atoms with Gasteiger partial charge >= 0.3 is 0 Å². The number of benzene rings is 1. The molecular formula is C20H33N3O2. The first-order valence-corrected chi connectivity index (χ1v) is 9.39. The second-order valence-corrected chi connectivity index (χ2v) is 6.74. The third-order valence-corrected chi connectivity index (χ3v) is 4.32. The Morgan fingerprint density at radius 3 is 2.84 bits per heavy atom. The van der Waals surface area contributed by atoms with Crippen molar-refractivity contribution in [2.24, 2.45) is 10.9 Å². The van der Waals surface area contributed by atoms with Gasteiger partial charge < -0.3 is 19.7 Å². The smallest absolute Gasteiger partial charge is 0.193 e. The van der Waals surface area contributed by atoms with Crippen LogP contribution in [0.5, 0.6) is 0 Å². The highest BCUT2D eigenvalue weighted by Gasteiger charge is 2.15. The minimum atomic E-state index is 0.585. The van der Waals surface area contributed by atoms with E-state index in [1.54, 1.807) is 0 Å². The molecule has 5 heteroatoms. The van der Waals surface area contributed by atoms with E-state index in [0.29, 0.717) is 5.92 Å². The summed E-state index contributed by atoms with van der Waals surface area (Å²) in [4.78, 5) is 6.89. The molecule has 1 fully saturated rings. The van der Waals surface area contributed by atoms with E-state index in [1.165, 1.54) is 11.1 Å². The molecule has 1 saturated heterocycles. The molecule has 0 aromatic heterocycles. The summed E-state index contributed by atoms with van der Waals surface area (Å²) in [7, 11) is 2.08. The van der Waals surface area contributed by atoms with Gasteiger partial charge in [0.05, 0.1) is 13.2 Å². The van der Waals surface area contributed by atoms with Crippen molar-refractivity contribution in [1.82, 2.24) is 10.2 Å². The summed E-state index contributed by atoms with van der Waals surface area (Å²) in [5.41, 5.74) is 2.58. The SMILES string of the molecule is CCNC(=NCCCOCC1CCOC1)N(C)Cc1ccc(C)cc1. The Kier molecular flexibility index (Phi) is 8.77. The van der Waals surface area contributed by atoms with Crippen LogP contribution in [0.4, 0.5) is 0 Å². The zero-order valence-electron chi connectivity index (χ0n) is 16.0. The van der Waals surface area contributed by atoms with E-state index in [9.17, 15) is 0 Å². The highest BCUT2D eigenvalue weighted by Crippen LogP contribution is 2.12. The maximum Gasteiger partial charge on any atom is 0.193 e. The average molecular weight is 348 g/mol. The van der Waals surface area contributed by atoms with Crippen LogP contribution in [0.1, 0.15) is 30.9 Å². The van der Waals surface area contributed by atoms with E-state index in [2.05, 4.69) is 55.4 Å². The van der Waals surface area contributed by atoms with Gasteiger partial charge in [0, 0.05) is 45.8 Å². The summed E-state index contributed by atoms with van der Waals surface area (Å²) in [6.07, 6.45) is 2.08. The molecule has 2 rings (SSSR count). The van der Waals surface area contributed by atoms with Crippen molar-refractivity contribution in [2.45, 2.75) is 33.2 Å². The summed E-state index contributed by atoms with van der Waals surface area (Å²) >= 11 is 0. The predicted molar refractivity (Wildman–Crippen MR) is 103 cm³/mol. The van der Waals surface area contributed by atoms with E-state index >= 15 is 0 Å². The van der Waals surface area contributed by atoms with Gasteiger partial charge in [0.15, 0.2) is 5.96 Å². The van der Waals surface area contributed by atoms with Crippen molar-refractivity contribution in [1.29, 1.82) is 0 Å². The first-order chi connectivity index (χ1) is 12.2. The van der Waals surface area contributed by atoms with Crippen molar-refractivity contribution in [3.05, 3.63) is 35.4 Å². The molecule has 1 aliphatic heterocycles. The number of nitrogens with zero attached hydrogens (tertiary/aromatic N) is 2. The molecule has 0 amide bonds. The van der Waals surface area contributed by atoms with Crippen LogP contribution in [0.2, 0.25) is 0 Å². The molecule has 0 spiro atoms. The first kappa shape index (κ1) is 19.7. The number of aryl methyl sites for hydroxylation is 1. The van der Waals surface area contributed by atoms with Gasteiger partial charge in [0.2, 0.25) is 0 Å². The Bertz CT molecular complexity index is 510. The summed E-state index contributed by atoms with van der Waals surface area (Å²) in [6, 6.07) is 8.66. The number of rotatable bonds is 9. The lowest BCUT2D eigenvalue weighted by molar-refractivity contribution is 0.0893. The minimum absolute atomic E-state index is 0.585. The maximum atomic E-state index is 5.74. The predicted octanol–water partition coefficient (Wildman–Crippen LogP) is 2.84. The molecule has 1 N–H and O–H groups in total. The average Bonchev–Trinajstić information content (AvgIpc) is 3.12. The zero-order chi connectivity index (χ0) is 17.9. The molecule has 5 nitrogen and oxygen atoms in total. The lowest BCUT2D eigenvalue weighted by Crippen LogP contribution is -2.38. The minimum Gasteiger partial charge on any atom is -0.381 e. The quantitative estimate of drug-likeness (QED) is 0.424. The van der Waals surface area contributed by atoms with Crippen LogP contribution in [0.25, 0.3) is 0 Å². The molecule has 1 aliphatic rings. The fraction of sp³-hybridized carbons (Fsp3) is 0.650. The molecule has 1 atom stereocenters. The molecule has 25 heavy (non-hydrogen) atoms. The lowest BCUT2D eigenvalue weighted by Gasteiger charge is -2.22. The Morgan fingerprint density at radius 1 is 1.36 bits per heavy atom. The van der Waals surface area contributed by atoms with Crippen LogP contribution in [0.3, 0.4) is 0 Å². The monoisotopic (exact) mass is 347 g/mol. The second-order valence-electron chi connectivity index (χ2n) is 6.74. The first-order valence-electron chi connectivity index (χ1n) is 9.39. The molecule has 1 heterocycles. The molecule has 1 aromatic rings. The number of aliphatic imine (C=N–C) groups is 1. The Labute approximate surface area is 152 Å². The van der Waals surface area contributed by atoms with Gasteiger partial charge in [-0.15, -0.1) is 0 Å². The molecule has 140 valence electrons. The van der Waals surface area contributed by atoms with E-state index in [4.69, 9.17) is 14.5 Å². The van der Waals surface area contributed by atoms with Crippen LogP contribution in [0.15, 0.2) is 29.3 Å². The Balaban J connectivity index is 1.71. The van der Waals surface area contributed by atoms with Crippen molar-refractivity contribution in [2.75, 3.05) is 46.6 Å². The molecule has 0 bridgehead atoms. The number of guanidine groups is 1. The van der Waals surface area contributed by atoms with Gasteiger partial charge in [0.1, 0.15) is 0 Å². The number of hydrogen-bond donors (Lipinski definition) is 1. The van der Waals surface area contributed by atoms with Crippen molar-refractivity contribution >= 4 is 5.96 Å². The molecule has 0 radical (unpaired) electrons. The largest absolute Gasteiger partial charge is 0.381 e. The summed E-state index contributed by atoms with van der Waals surface area (Å²) in [5.74, 6) is 1.54. The highest BCUT2D eigenvalue weighted by molar-refractivity contribution is 5.79. The maximum absolute atomic E-state index is 5.74. The van der Waals surface area contributed by atoms with Crippen LogP contribution >= 0.6 is 0 Å². The van der Waals surface area contributed by atoms with Crippen LogP contribution in [0, 0.1) is 12.8 Å². The number of ether oxygens (including phenoxy) is 2. The number of nitrogens with one attached hydrogen (secondary N) is 1. The fourth-order valence-electron chi connectivity index (χ4n) is 2.83. The van der Waals surface area contributed by atoms with Gasteiger partial charge in [-0.05, 0) is 32.3 Å². The molecule has 0 saturated carbocycles. The Morgan fingerprint density at radius 2 is 2.16 bits per heavy atom. The Hall–Kier alpha value is -1.59. The molecule has 1 aromatic carbocycles.